The summed E-state index contributed by atoms with van der Waals surface area (Å²) in [5.74, 6) is 0. The molecular formula is C17H22N4O9P+. The molecule has 1 aromatic carbocycles. The smallest absolute Gasteiger partial charge is 0.388 e. The minimum absolute atomic E-state index is 0.0169. The molecule has 0 spiro atoms. The SMILES string of the molecule is Cc1cc2nc3c(=O)[nH]c(=O)[nH]c3[n+](C[C@@H](O)[C@H](O)[C@@H](O)COP(=O)(O)O)c2cc1C. The van der Waals surface area contributed by atoms with E-state index in [4.69, 9.17) is 9.79 Å². The van der Waals surface area contributed by atoms with Crippen LogP contribution in [0.25, 0.3) is 22.2 Å². The molecule has 0 radical (unpaired) electrons. The van der Waals surface area contributed by atoms with E-state index in [1.165, 1.54) is 4.57 Å². The molecule has 3 rings (SSSR count). The second kappa shape index (κ2) is 8.55. The number of fused-ring (bicyclic) bond motifs is 2. The van der Waals surface area contributed by atoms with Crippen molar-refractivity contribution >= 4 is 30.0 Å². The maximum absolute atomic E-state index is 12.3. The van der Waals surface area contributed by atoms with E-state index in [2.05, 4.69) is 19.5 Å². The Bertz CT molecular complexity index is 1300. The lowest BCUT2D eigenvalue weighted by Crippen LogP contribution is -2.51. The first-order valence-electron chi connectivity index (χ1n) is 9.09. The minimum atomic E-state index is -4.89. The number of H-pyrrole nitrogens is 2. The van der Waals surface area contributed by atoms with Crippen LogP contribution in [0.2, 0.25) is 0 Å². The van der Waals surface area contributed by atoms with Crippen molar-refractivity contribution in [2.75, 3.05) is 6.61 Å². The van der Waals surface area contributed by atoms with Crippen LogP contribution in [0.1, 0.15) is 11.1 Å². The Hall–Kier alpha value is -2.51. The molecule has 168 valence electrons. The van der Waals surface area contributed by atoms with E-state index in [9.17, 15) is 29.5 Å². The number of aliphatic hydroxyl groups excluding tert-OH is 3. The maximum Gasteiger partial charge on any atom is 0.469 e. The van der Waals surface area contributed by atoms with Crippen LogP contribution in [0, 0.1) is 13.8 Å². The molecule has 0 aliphatic rings. The van der Waals surface area contributed by atoms with Crippen molar-refractivity contribution in [3.8, 4) is 0 Å². The molecule has 0 aliphatic heterocycles. The molecule has 0 saturated heterocycles. The van der Waals surface area contributed by atoms with Crippen molar-refractivity contribution in [1.29, 1.82) is 0 Å². The number of nitrogens with zero attached hydrogens (tertiary/aromatic N) is 2. The molecule has 13 nitrogen and oxygen atoms in total. The third kappa shape index (κ3) is 5.05. The Labute approximate surface area is 173 Å². The summed E-state index contributed by atoms with van der Waals surface area (Å²) in [6.07, 6.45) is -5.36. The van der Waals surface area contributed by atoms with E-state index in [0.29, 0.717) is 11.0 Å². The van der Waals surface area contributed by atoms with E-state index in [-0.39, 0.29) is 11.2 Å². The molecule has 7 N–H and O–H groups in total. The van der Waals surface area contributed by atoms with Gasteiger partial charge < -0.3 is 25.1 Å². The average molecular weight is 457 g/mol. The molecule has 14 heteroatoms. The topological polar surface area (TPSA) is 210 Å². The standard InChI is InChI=1S/C17H21N4O9P/c1-7-3-9-10(4-8(7)2)21(15-13(18-9)16(25)20-17(26)19-15)5-11(22)14(24)12(23)6-30-31(27,28)29/h3-4,11-12,14,22-24H,5-6H2,1-2H3,(H3,20,25,26,27,28,29)/p+1/t11-,12+,14+/m1/s1. The molecule has 3 atom stereocenters. The highest BCUT2D eigenvalue weighted by Crippen LogP contribution is 2.35. The first kappa shape index (κ1) is 23.2. The third-order valence-corrected chi connectivity index (χ3v) is 5.34. The molecule has 0 amide bonds. The fourth-order valence-electron chi connectivity index (χ4n) is 3.11. The summed E-state index contributed by atoms with van der Waals surface area (Å²) in [5.41, 5.74) is 0.888. The summed E-state index contributed by atoms with van der Waals surface area (Å²) in [4.78, 5) is 50.3. The summed E-state index contributed by atoms with van der Waals surface area (Å²) in [5, 5.41) is 30.6. The van der Waals surface area contributed by atoms with Gasteiger partial charge in [-0.1, -0.05) is 0 Å². The van der Waals surface area contributed by atoms with Gasteiger partial charge in [-0.25, -0.2) is 18.9 Å². The second-order valence-corrected chi connectivity index (χ2v) is 8.40. The van der Waals surface area contributed by atoms with Gasteiger partial charge in [0.1, 0.15) is 30.4 Å². The Morgan fingerprint density at radius 1 is 1.10 bits per heavy atom. The summed E-state index contributed by atoms with van der Waals surface area (Å²) < 4.78 is 16.3. The number of aromatic amines is 2. The van der Waals surface area contributed by atoms with Gasteiger partial charge in [0.05, 0.1) is 6.61 Å². The van der Waals surface area contributed by atoms with Crippen LogP contribution in [-0.2, 0) is 15.6 Å². The maximum atomic E-state index is 12.3. The lowest BCUT2D eigenvalue weighted by molar-refractivity contribution is -0.657. The zero-order chi connectivity index (χ0) is 23.1. The zero-order valence-electron chi connectivity index (χ0n) is 16.5. The lowest BCUT2D eigenvalue weighted by atomic mass is 10.1. The van der Waals surface area contributed by atoms with E-state index in [1.807, 2.05) is 13.8 Å². The van der Waals surface area contributed by atoms with E-state index >= 15 is 0 Å². The summed E-state index contributed by atoms with van der Waals surface area (Å²) in [6.45, 7) is 2.35. The number of hydrogen-bond donors (Lipinski definition) is 7. The number of aryl methyl sites for hydroxylation is 2. The van der Waals surface area contributed by atoms with Crippen LogP contribution in [0.4, 0.5) is 0 Å². The van der Waals surface area contributed by atoms with E-state index in [1.54, 1.807) is 12.1 Å². The number of nitrogens with one attached hydrogen (secondary N) is 2. The molecule has 31 heavy (non-hydrogen) atoms. The minimum Gasteiger partial charge on any atom is -0.388 e. The van der Waals surface area contributed by atoms with Crippen molar-refractivity contribution < 1.29 is 38.8 Å². The summed E-state index contributed by atoms with van der Waals surface area (Å²) >= 11 is 0. The molecule has 0 bridgehead atoms. The quantitative estimate of drug-likeness (QED) is 0.116. The molecule has 2 heterocycles. The summed E-state index contributed by atoms with van der Waals surface area (Å²) in [6, 6.07) is 3.44. The fourth-order valence-corrected chi connectivity index (χ4v) is 3.46. The van der Waals surface area contributed by atoms with Crippen molar-refractivity contribution in [1.82, 2.24) is 15.0 Å². The number of benzene rings is 1. The molecule has 0 fully saturated rings. The van der Waals surface area contributed by atoms with Crippen LogP contribution >= 0.6 is 7.82 Å². The molecule has 3 aromatic rings. The molecule has 0 unspecified atom stereocenters. The number of hydrogen-bond acceptors (Lipinski definition) is 8. The number of aliphatic hydroxyl groups is 3. The van der Waals surface area contributed by atoms with Crippen molar-refractivity contribution in [2.45, 2.75) is 38.7 Å². The van der Waals surface area contributed by atoms with E-state index in [0.717, 1.165) is 11.1 Å². The van der Waals surface area contributed by atoms with E-state index < -0.39 is 50.5 Å². The molecule has 0 saturated carbocycles. The van der Waals surface area contributed by atoms with Crippen LogP contribution in [-0.4, -0.2) is 65.0 Å². The van der Waals surface area contributed by atoms with Gasteiger partial charge in [0.25, 0.3) is 5.56 Å². The van der Waals surface area contributed by atoms with Gasteiger partial charge in [-0.3, -0.25) is 14.3 Å². The number of phosphoric acid groups is 1. The van der Waals surface area contributed by atoms with Crippen molar-refractivity contribution in [3.63, 3.8) is 0 Å². The summed E-state index contributed by atoms with van der Waals surface area (Å²) in [7, 11) is -4.89. The monoisotopic (exact) mass is 457 g/mol. The largest absolute Gasteiger partial charge is 0.469 e. The first-order valence-corrected chi connectivity index (χ1v) is 10.6. The van der Waals surface area contributed by atoms with Crippen LogP contribution in [0.5, 0.6) is 0 Å². The van der Waals surface area contributed by atoms with Gasteiger partial charge in [0.2, 0.25) is 5.52 Å². The normalized spacial score (nSPS) is 15.3. The van der Waals surface area contributed by atoms with Gasteiger partial charge in [0.15, 0.2) is 5.52 Å². The zero-order valence-corrected chi connectivity index (χ0v) is 17.4. The van der Waals surface area contributed by atoms with Crippen LogP contribution in [0.3, 0.4) is 0 Å². The van der Waals surface area contributed by atoms with Crippen LogP contribution in [0.15, 0.2) is 21.7 Å². The predicted molar refractivity (Wildman–Crippen MR) is 106 cm³/mol. The molecule has 0 aliphatic carbocycles. The number of rotatable bonds is 7. The number of aromatic nitrogens is 4. The van der Waals surface area contributed by atoms with Gasteiger partial charge >= 0.3 is 19.2 Å². The Morgan fingerprint density at radius 3 is 2.39 bits per heavy atom. The Morgan fingerprint density at radius 2 is 1.74 bits per heavy atom. The lowest BCUT2D eigenvalue weighted by Gasteiger charge is -2.22. The first-order chi connectivity index (χ1) is 14.4. The fraction of sp³-hybridized carbons (Fsp3) is 0.412. The number of phosphoric ester groups is 1. The highest BCUT2D eigenvalue weighted by molar-refractivity contribution is 7.46. The highest BCUT2D eigenvalue weighted by atomic mass is 31.2. The van der Waals surface area contributed by atoms with Crippen molar-refractivity contribution in [3.05, 3.63) is 44.1 Å². The van der Waals surface area contributed by atoms with Gasteiger partial charge in [-0.15, -0.1) is 0 Å². The van der Waals surface area contributed by atoms with Gasteiger partial charge in [0, 0.05) is 0 Å². The average Bonchev–Trinajstić information content (AvgIpc) is 2.67. The Balaban J connectivity index is 2.08. The van der Waals surface area contributed by atoms with Crippen LogP contribution < -0.4 is 15.8 Å². The second-order valence-electron chi connectivity index (χ2n) is 7.16. The molecular weight excluding hydrogens is 435 g/mol. The van der Waals surface area contributed by atoms with Gasteiger partial charge in [-0.2, -0.15) is 4.98 Å². The Kier molecular flexibility index (Phi) is 6.39. The highest BCUT2D eigenvalue weighted by Gasteiger charge is 2.31. The van der Waals surface area contributed by atoms with Gasteiger partial charge in [-0.05, 0) is 37.1 Å². The third-order valence-electron chi connectivity index (χ3n) is 4.85. The predicted octanol–water partition coefficient (Wildman–Crippen LogP) is -2.14. The molecule has 2 aromatic heterocycles. The van der Waals surface area contributed by atoms with Crippen molar-refractivity contribution in [2.24, 2.45) is 0 Å².